The lowest BCUT2D eigenvalue weighted by atomic mass is 10.0. The Morgan fingerprint density at radius 1 is 0.968 bits per heavy atom. The Balaban J connectivity index is 1.82. The van der Waals surface area contributed by atoms with Gasteiger partial charge >= 0.3 is 13.6 Å². The van der Waals surface area contributed by atoms with Gasteiger partial charge in [0.15, 0.2) is 0 Å². The maximum atomic E-state index is 12.1. The summed E-state index contributed by atoms with van der Waals surface area (Å²) < 4.78 is 17.3. The van der Waals surface area contributed by atoms with E-state index in [0.717, 1.165) is 16.7 Å². The first-order valence-corrected chi connectivity index (χ1v) is 11.3. The van der Waals surface area contributed by atoms with Gasteiger partial charge in [0.05, 0.1) is 7.11 Å². The second-order valence-electron chi connectivity index (χ2n) is 7.09. The van der Waals surface area contributed by atoms with E-state index in [2.05, 4.69) is 5.32 Å². The predicted octanol–water partition coefficient (Wildman–Crippen LogP) is 3.82. The lowest BCUT2D eigenvalue weighted by Gasteiger charge is -2.25. The number of hydrogen-bond acceptors (Lipinski definition) is 4. The SMILES string of the molecule is COc1cccc(C(N[C@@H](Cc2ccc(-c3ccccc3)cc2)C(=O)O)P(=O)(O)O)c1. The van der Waals surface area contributed by atoms with Crippen molar-refractivity contribution in [1.29, 1.82) is 0 Å². The van der Waals surface area contributed by atoms with Crippen molar-refractivity contribution in [3.8, 4) is 16.9 Å². The molecule has 0 heterocycles. The number of ether oxygens (including phenoxy) is 1. The van der Waals surface area contributed by atoms with E-state index in [4.69, 9.17) is 4.74 Å². The van der Waals surface area contributed by atoms with Crippen LogP contribution in [0.2, 0.25) is 0 Å². The minimum atomic E-state index is -4.70. The minimum Gasteiger partial charge on any atom is -0.497 e. The minimum absolute atomic E-state index is 0.0604. The molecule has 0 amide bonds. The number of carboxylic acid groups (broad SMARTS) is 1. The van der Waals surface area contributed by atoms with E-state index >= 15 is 0 Å². The largest absolute Gasteiger partial charge is 0.497 e. The van der Waals surface area contributed by atoms with Gasteiger partial charge in [-0.3, -0.25) is 14.7 Å². The summed E-state index contributed by atoms with van der Waals surface area (Å²) in [5.74, 6) is -2.26. The topological polar surface area (TPSA) is 116 Å². The number of methoxy groups -OCH3 is 1. The fourth-order valence-electron chi connectivity index (χ4n) is 3.31. The highest BCUT2D eigenvalue weighted by Gasteiger charge is 2.34. The summed E-state index contributed by atoms with van der Waals surface area (Å²) in [5, 5.41) is 12.3. The first-order chi connectivity index (χ1) is 14.8. The van der Waals surface area contributed by atoms with Crippen LogP contribution in [0.3, 0.4) is 0 Å². The third-order valence-electron chi connectivity index (χ3n) is 4.90. The second kappa shape index (κ2) is 9.90. The molecule has 7 nitrogen and oxygen atoms in total. The van der Waals surface area contributed by atoms with Crippen molar-refractivity contribution in [2.24, 2.45) is 0 Å². The molecule has 0 aliphatic heterocycles. The van der Waals surface area contributed by atoms with Gasteiger partial charge in [0, 0.05) is 0 Å². The van der Waals surface area contributed by atoms with Crippen LogP contribution in [0.15, 0.2) is 78.9 Å². The number of aliphatic carboxylic acids is 1. The fraction of sp³-hybridized carbons (Fsp3) is 0.174. The highest BCUT2D eigenvalue weighted by molar-refractivity contribution is 7.52. The number of hydrogen-bond donors (Lipinski definition) is 4. The molecule has 4 N–H and O–H groups in total. The van der Waals surface area contributed by atoms with E-state index in [-0.39, 0.29) is 12.0 Å². The van der Waals surface area contributed by atoms with Crippen molar-refractivity contribution < 1.29 is 29.0 Å². The molecule has 3 rings (SSSR count). The van der Waals surface area contributed by atoms with Crippen LogP contribution in [-0.4, -0.2) is 34.0 Å². The highest BCUT2D eigenvalue weighted by Crippen LogP contribution is 2.50. The summed E-state index contributed by atoms with van der Waals surface area (Å²) in [6.07, 6.45) is 0.0604. The van der Waals surface area contributed by atoms with Crippen LogP contribution in [0.25, 0.3) is 11.1 Å². The molecule has 1 unspecified atom stereocenters. The van der Waals surface area contributed by atoms with Gasteiger partial charge in [0.25, 0.3) is 0 Å². The van der Waals surface area contributed by atoms with Crippen LogP contribution in [-0.2, 0) is 15.8 Å². The smallest absolute Gasteiger partial charge is 0.346 e. The molecule has 0 aliphatic rings. The van der Waals surface area contributed by atoms with Crippen LogP contribution in [0.4, 0.5) is 0 Å². The standard InChI is InChI=1S/C23H24NO6P/c1-30-20-9-5-8-19(15-20)22(31(27,28)29)24-21(23(25)26)14-16-10-12-18(13-11-16)17-6-3-2-4-7-17/h2-13,15,21-22,24H,14H2,1H3,(H,25,26)(H2,27,28,29)/t21-,22?/m0/s1. The van der Waals surface area contributed by atoms with Crippen LogP contribution in [0.5, 0.6) is 5.75 Å². The predicted molar refractivity (Wildman–Crippen MR) is 118 cm³/mol. The summed E-state index contributed by atoms with van der Waals surface area (Å²) in [4.78, 5) is 31.6. The summed E-state index contributed by atoms with van der Waals surface area (Å²) in [7, 11) is -3.26. The van der Waals surface area contributed by atoms with Gasteiger partial charge in [-0.25, -0.2) is 0 Å². The zero-order valence-corrected chi connectivity index (χ0v) is 17.8. The van der Waals surface area contributed by atoms with E-state index in [9.17, 15) is 24.3 Å². The summed E-state index contributed by atoms with van der Waals surface area (Å²) in [6, 6.07) is 22.2. The number of rotatable bonds is 9. The average molecular weight is 441 g/mol. The molecule has 2 atom stereocenters. The number of nitrogens with one attached hydrogen (secondary N) is 1. The highest BCUT2D eigenvalue weighted by atomic mass is 31.2. The zero-order chi connectivity index (χ0) is 22.4. The van der Waals surface area contributed by atoms with E-state index < -0.39 is 25.4 Å². The molecule has 3 aromatic rings. The van der Waals surface area contributed by atoms with Crippen molar-refractivity contribution in [2.75, 3.05) is 7.11 Å². The molecule has 0 saturated carbocycles. The lowest BCUT2D eigenvalue weighted by molar-refractivity contribution is -0.139. The Morgan fingerprint density at radius 2 is 1.61 bits per heavy atom. The molecule has 0 bridgehead atoms. The van der Waals surface area contributed by atoms with Crippen molar-refractivity contribution in [1.82, 2.24) is 5.32 Å². The van der Waals surface area contributed by atoms with Crippen LogP contribution in [0, 0.1) is 0 Å². The zero-order valence-electron chi connectivity index (χ0n) is 16.9. The molecule has 0 aromatic heterocycles. The Kier molecular flexibility index (Phi) is 7.25. The first-order valence-electron chi connectivity index (χ1n) is 9.60. The molecule has 8 heteroatoms. The number of benzene rings is 3. The molecule has 0 saturated heterocycles. The van der Waals surface area contributed by atoms with Gasteiger partial charge in [-0.2, -0.15) is 0 Å². The van der Waals surface area contributed by atoms with Crippen LogP contribution < -0.4 is 10.1 Å². The molecule has 3 aromatic carbocycles. The Morgan fingerprint density at radius 3 is 2.19 bits per heavy atom. The quantitative estimate of drug-likeness (QED) is 0.373. The van der Waals surface area contributed by atoms with Gasteiger partial charge < -0.3 is 19.6 Å². The molecular formula is C23H24NO6P. The van der Waals surface area contributed by atoms with Gasteiger partial charge in [-0.15, -0.1) is 0 Å². The lowest BCUT2D eigenvalue weighted by Crippen LogP contribution is -2.40. The van der Waals surface area contributed by atoms with E-state index in [1.807, 2.05) is 54.6 Å². The molecule has 31 heavy (non-hydrogen) atoms. The molecule has 162 valence electrons. The molecular weight excluding hydrogens is 417 g/mol. The third-order valence-corrected chi connectivity index (χ3v) is 6.02. The normalized spacial score (nSPS) is 13.4. The summed E-state index contributed by atoms with van der Waals surface area (Å²) in [5.41, 5.74) is 3.02. The van der Waals surface area contributed by atoms with Crippen molar-refractivity contribution >= 4 is 13.6 Å². The van der Waals surface area contributed by atoms with Crippen molar-refractivity contribution in [2.45, 2.75) is 18.2 Å². The van der Waals surface area contributed by atoms with E-state index in [1.165, 1.54) is 19.2 Å². The van der Waals surface area contributed by atoms with Gasteiger partial charge in [0.2, 0.25) is 0 Å². The van der Waals surface area contributed by atoms with Crippen LogP contribution >= 0.6 is 7.60 Å². The van der Waals surface area contributed by atoms with Crippen molar-refractivity contribution in [3.05, 3.63) is 90.0 Å². The van der Waals surface area contributed by atoms with Gasteiger partial charge in [0.1, 0.15) is 17.6 Å². The van der Waals surface area contributed by atoms with E-state index in [1.54, 1.807) is 12.1 Å². The second-order valence-corrected chi connectivity index (χ2v) is 8.79. The fourth-order valence-corrected chi connectivity index (χ4v) is 4.23. The monoisotopic (exact) mass is 441 g/mol. The maximum absolute atomic E-state index is 12.1. The van der Waals surface area contributed by atoms with Crippen molar-refractivity contribution in [3.63, 3.8) is 0 Å². The number of carbonyl (C=O) groups is 1. The third kappa shape index (κ3) is 6.03. The molecule has 0 aliphatic carbocycles. The average Bonchev–Trinajstić information content (AvgIpc) is 2.76. The first kappa shape index (κ1) is 22.7. The van der Waals surface area contributed by atoms with Gasteiger partial charge in [-0.1, -0.05) is 66.7 Å². The number of carboxylic acids is 1. The Bertz CT molecular complexity index is 1060. The summed E-state index contributed by atoms with van der Waals surface area (Å²) in [6.45, 7) is 0. The van der Waals surface area contributed by atoms with E-state index in [0.29, 0.717) is 5.75 Å². The van der Waals surface area contributed by atoms with Crippen LogP contribution in [0.1, 0.15) is 16.9 Å². The Hall–Kier alpha value is -2.96. The molecule has 0 fully saturated rings. The molecule has 0 spiro atoms. The maximum Gasteiger partial charge on any atom is 0.346 e. The summed E-state index contributed by atoms with van der Waals surface area (Å²) >= 11 is 0. The molecule has 0 radical (unpaired) electrons. The Labute approximate surface area is 180 Å². The van der Waals surface area contributed by atoms with Gasteiger partial charge in [-0.05, 0) is 40.8 Å².